The standard InChI is InChI=1S/C48H30O/c1-3-14-31(15-4-1)34-19-13-20-35(28-34)45-38-22-9-11-24-40(38)46(41-25-12-10-23-39(41)45)36-29-43(32-16-5-2-6-17-32)48-44(30-36)42-27-26-33-18-7-8-21-37(33)47(42)49-48/h1-30H. The smallest absolute Gasteiger partial charge is 0.143 e. The van der Waals surface area contributed by atoms with Crippen LogP contribution >= 0.6 is 0 Å². The van der Waals surface area contributed by atoms with E-state index in [1.807, 2.05) is 0 Å². The van der Waals surface area contributed by atoms with Gasteiger partial charge in [0.25, 0.3) is 0 Å². The minimum Gasteiger partial charge on any atom is -0.455 e. The topological polar surface area (TPSA) is 13.1 Å². The van der Waals surface area contributed by atoms with Gasteiger partial charge in [0.1, 0.15) is 11.2 Å². The molecule has 0 saturated heterocycles. The minimum atomic E-state index is 0.921. The molecule has 1 heterocycles. The van der Waals surface area contributed by atoms with E-state index in [0.717, 1.165) is 38.5 Å². The van der Waals surface area contributed by atoms with Gasteiger partial charge in [0.05, 0.1) is 0 Å². The van der Waals surface area contributed by atoms with Crippen LogP contribution in [0.25, 0.3) is 98.8 Å². The van der Waals surface area contributed by atoms with E-state index in [9.17, 15) is 0 Å². The molecule has 0 N–H and O–H groups in total. The summed E-state index contributed by atoms with van der Waals surface area (Å²) < 4.78 is 6.84. The van der Waals surface area contributed by atoms with Crippen LogP contribution in [0.15, 0.2) is 186 Å². The molecule has 1 aromatic heterocycles. The van der Waals surface area contributed by atoms with E-state index in [1.54, 1.807) is 0 Å². The average molecular weight is 623 g/mol. The van der Waals surface area contributed by atoms with E-state index < -0.39 is 0 Å². The fraction of sp³-hybridized carbons (Fsp3) is 0. The summed E-state index contributed by atoms with van der Waals surface area (Å²) >= 11 is 0. The maximum atomic E-state index is 6.84. The first-order valence-electron chi connectivity index (χ1n) is 16.8. The number of fused-ring (bicyclic) bond motifs is 7. The van der Waals surface area contributed by atoms with E-state index in [-0.39, 0.29) is 0 Å². The SMILES string of the molecule is c1ccc(-c2cccc(-c3c4ccccc4c(-c4cc(-c5ccccc5)c5oc6c7ccccc7ccc6c5c4)c4ccccc34)c2)cc1. The minimum absolute atomic E-state index is 0.921. The molecule has 10 aromatic rings. The van der Waals surface area contributed by atoms with Crippen LogP contribution in [-0.2, 0) is 0 Å². The molecule has 0 spiro atoms. The third-order valence-electron chi connectivity index (χ3n) is 10.0. The van der Waals surface area contributed by atoms with Gasteiger partial charge < -0.3 is 4.42 Å². The van der Waals surface area contributed by atoms with Crippen LogP contribution in [0.2, 0.25) is 0 Å². The molecule has 0 unspecified atom stereocenters. The Morgan fingerprint density at radius 3 is 1.47 bits per heavy atom. The van der Waals surface area contributed by atoms with Gasteiger partial charge in [-0.2, -0.15) is 0 Å². The highest BCUT2D eigenvalue weighted by Gasteiger charge is 2.21. The summed E-state index contributed by atoms with van der Waals surface area (Å²) in [5.74, 6) is 0. The fourth-order valence-electron chi connectivity index (χ4n) is 7.82. The summed E-state index contributed by atoms with van der Waals surface area (Å²) in [5.41, 5.74) is 11.4. The molecular weight excluding hydrogens is 593 g/mol. The van der Waals surface area contributed by atoms with Crippen molar-refractivity contribution in [2.24, 2.45) is 0 Å². The molecule has 0 saturated carbocycles. The number of hydrogen-bond acceptors (Lipinski definition) is 1. The van der Waals surface area contributed by atoms with Gasteiger partial charge in [0.15, 0.2) is 0 Å². The third kappa shape index (κ3) is 4.40. The van der Waals surface area contributed by atoms with Gasteiger partial charge in [-0.25, -0.2) is 0 Å². The Bertz CT molecular complexity index is 2800. The van der Waals surface area contributed by atoms with Crippen LogP contribution in [0.1, 0.15) is 0 Å². The average Bonchev–Trinajstić information content (AvgIpc) is 3.56. The second kappa shape index (κ2) is 11.1. The molecule has 0 aliphatic carbocycles. The van der Waals surface area contributed by atoms with E-state index in [1.165, 1.54) is 60.3 Å². The fourth-order valence-corrected chi connectivity index (χ4v) is 7.82. The zero-order valence-corrected chi connectivity index (χ0v) is 26.7. The molecule has 228 valence electrons. The van der Waals surface area contributed by atoms with Crippen LogP contribution in [0.5, 0.6) is 0 Å². The Morgan fingerprint density at radius 1 is 0.265 bits per heavy atom. The molecule has 9 aromatic carbocycles. The molecule has 0 bridgehead atoms. The molecular formula is C48H30O. The van der Waals surface area contributed by atoms with E-state index in [0.29, 0.717) is 0 Å². The van der Waals surface area contributed by atoms with Crippen molar-refractivity contribution in [1.82, 2.24) is 0 Å². The second-order valence-corrected chi connectivity index (χ2v) is 12.8. The lowest BCUT2D eigenvalue weighted by Crippen LogP contribution is -1.92. The van der Waals surface area contributed by atoms with Crippen molar-refractivity contribution < 1.29 is 4.42 Å². The Hall–Kier alpha value is -6.44. The largest absolute Gasteiger partial charge is 0.455 e. The Kier molecular flexibility index (Phi) is 6.25. The first-order valence-corrected chi connectivity index (χ1v) is 16.8. The normalized spacial score (nSPS) is 11.7. The summed E-state index contributed by atoms with van der Waals surface area (Å²) in [5, 5.41) is 9.53. The van der Waals surface area contributed by atoms with Crippen LogP contribution < -0.4 is 0 Å². The molecule has 0 fully saturated rings. The van der Waals surface area contributed by atoms with E-state index in [2.05, 4.69) is 182 Å². The molecule has 0 amide bonds. The molecule has 0 radical (unpaired) electrons. The first-order chi connectivity index (χ1) is 24.3. The Balaban J connectivity index is 1.31. The van der Waals surface area contributed by atoms with Gasteiger partial charge in [-0.3, -0.25) is 0 Å². The second-order valence-electron chi connectivity index (χ2n) is 12.8. The van der Waals surface area contributed by atoms with Gasteiger partial charge in [-0.1, -0.05) is 158 Å². The molecule has 49 heavy (non-hydrogen) atoms. The molecule has 0 aliphatic heterocycles. The highest BCUT2D eigenvalue weighted by Crippen LogP contribution is 2.47. The van der Waals surface area contributed by atoms with Crippen molar-refractivity contribution in [3.05, 3.63) is 182 Å². The predicted octanol–water partition coefficient (Wildman–Crippen LogP) is 13.7. The zero-order valence-electron chi connectivity index (χ0n) is 26.7. The van der Waals surface area contributed by atoms with Gasteiger partial charge in [-0.05, 0) is 90.1 Å². The van der Waals surface area contributed by atoms with Crippen LogP contribution in [0, 0.1) is 0 Å². The summed E-state index contributed by atoms with van der Waals surface area (Å²) in [6, 6.07) is 65.7. The lowest BCUT2D eigenvalue weighted by atomic mass is 9.84. The van der Waals surface area contributed by atoms with Crippen molar-refractivity contribution >= 4 is 54.3 Å². The van der Waals surface area contributed by atoms with Gasteiger partial charge in [-0.15, -0.1) is 0 Å². The maximum absolute atomic E-state index is 6.84. The lowest BCUT2D eigenvalue weighted by molar-refractivity contribution is 0.674. The monoisotopic (exact) mass is 622 g/mol. The Labute approximate surface area is 284 Å². The van der Waals surface area contributed by atoms with Crippen molar-refractivity contribution in [1.29, 1.82) is 0 Å². The van der Waals surface area contributed by atoms with Gasteiger partial charge in [0, 0.05) is 21.7 Å². The number of benzene rings is 9. The molecule has 0 aliphatic rings. The highest BCUT2D eigenvalue weighted by molar-refractivity contribution is 6.24. The zero-order chi connectivity index (χ0) is 32.3. The predicted molar refractivity (Wildman–Crippen MR) is 208 cm³/mol. The summed E-state index contributed by atoms with van der Waals surface area (Å²) in [4.78, 5) is 0. The van der Waals surface area contributed by atoms with E-state index in [4.69, 9.17) is 4.42 Å². The van der Waals surface area contributed by atoms with Gasteiger partial charge in [0.2, 0.25) is 0 Å². The summed E-state index contributed by atoms with van der Waals surface area (Å²) in [6.07, 6.45) is 0. The van der Waals surface area contributed by atoms with Crippen LogP contribution in [0.3, 0.4) is 0 Å². The van der Waals surface area contributed by atoms with Crippen molar-refractivity contribution in [2.45, 2.75) is 0 Å². The van der Waals surface area contributed by atoms with Crippen LogP contribution in [-0.4, -0.2) is 0 Å². The van der Waals surface area contributed by atoms with Crippen molar-refractivity contribution in [3.8, 4) is 44.5 Å². The third-order valence-corrected chi connectivity index (χ3v) is 10.0. The first kappa shape index (κ1) is 27.7. The maximum Gasteiger partial charge on any atom is 0.143 e. The number of hydrogen-bond donors (Lipinski definition) is 0. The highest BCUT2D eigenvalue weighted by atomic mass is 16.3. The van der Waals surface area contributed by atoms with Crippen molar-refractivity contribution in [2.75, 3.05) is 0 Å². The van der Waals surface area contributed by atoms with Crippen LogP contribution in [0.4, 0.5) is 0 Å². The van der Waals surface area contributed by atoms with E-state index >= 15 is 0 Å². The summed E-state index contributed by atoms with van der Waals surface area (Å²) in [6.45, 7) is 0. The molecule has 0 atom stereocenters. The lowest BCUT2D eigenvalue weighted by Gasteiger charge is -2.19. The van der Waals surface area contributed by atoms with Gasteiger partial charge >= 0.3 is 0 Å². The molecule has 1 heteroatoms. The summed E-state index contributed by atoms with van der Waals surface area (Å²) in [7, 11) is 0. The molecule has 10 rings (SSSR count). The van der Waals surface area contributed by atoms with Crippen molar-refractivity contribution in [3.63, 3.8) is 0 Å². The molecule has 1 nitrogen and oxygen atoms in total. The number of rotatable bonds is 4. The quantitative estimate of drug-likeness (QED) is 0.178. The number of furan rings is 1. The Morgan fingerprint density at radius 2 is 0.796 bits per heavy atom.